The molecule has 1 aliphatic heterocycles. The molecule has 1 aliphatic rings. The smallest absolute Gasteiger partial charge is 0.0878 e. The van der Waals surface area contributed by atoms with Crippen LogP contribution in [0.3, 0.4) is 0 Å². The summed E-state index contributed by atoms with van der Waals surface area (Å²) in [4.78, 5) is 2.50. The van der Waals surface area contributed by atoms with Crippen LogP contribution in [0.2, 0.25) is 0 Å². The molecule has 0 spiro atoms. The molecule has 0 bridgehead atoms. The van der Waals surface area contributed by atoms with E-state index in [0.29, 0.717) is 12.1 Å². The zero-order valence-corrected chi connectivity index (χ0v) is 10.8. The SMILES string of the molecule is CCCC#C[C@@H]1[C@@H](CC)N1Cc1ccccc1. The standard InChI is InChI=1S/C16H21N/c1-3-5-7-12-16-15(4-2)17(16)13-14-10-8-6-9-11-14/h6,8-11,15-16H,3-5,13H2,1-2H3/t15-,16-,17?/m1/s1. The maximum absolute atomic E-state index is 3.40. The minimum absolute atomic E-state index is 0.506. The number of nitrogens with zero attached hydrogens (tertiary/aromatic N) is 1. The second-order valence-electron chi connectivity index (χ2n) is 4.65. The molecule has 90 valence electrons. The molecule has 0 aliphatic carbocycles. The Hall–Kier alpha value is -1.26. The summed E-state index contributed by atoms with van der Waals surface area (Å²) in [6.45, 7) is 5.48. The highest BCUT2D eigenvalue weighted by molar-refractivity contribution is 5.24. The second-order valence-corrected chi connectivity index (χ2v) is 4.65. The van der Waals surface area contributed by atoms with Crippen molar-refractivity contribution in [3.63, 3.8) is 0 Å². The molecule has 0 amide bonds. The maximum Gasteiger partial charge on any atom is 0.0878 e. The number of hydrogen-bond donors (Lipinski definition) is 0. The van der Waals surface area contributed by atoms with Crippen molar-refractivity contribution in [1.29, 1.82) is 0 Å². The van der Waals surface area contributed by atoms with E-state index in [9.17, 15) is 0 Å². The van der Waals surface area contributed by atoms with Crippen LogP contribution < -0.4 is 0 Å². The van der Waals surface area contributed by atoms with Crippen LogP contribution in [0.1, 0.15) is 38.7 Å². The van der Waals surface area contributed by atoms with Crippen LogP contribution in [0.25, 0.3) is 0 Å². The highest BCUT2D eigenvalue weighted by Gasteiger charge is 2.44. The van der Waals surface area contributed by atoms with Gasteiger partial charge in [0.2, 0.25) is 0 Å². The molecule has 0 radical (unpaired) electrons. The molecule has 0 saturated carbocycles. The van der Waals surface area contributed by atoms with Gasteiger partial charge in [0.15, 0.2) is 0 Å². The fraction of sp³-hybridized carbons (Fsp3) is 0.500. The largest absolute Gasteiger partial charge is 0.279 e. The van der Waals surface area contributed by atoms with E-state index in [0.717, 1.165) is 19.4 Å². The summed E-state index contributed by atoms with van der Waals surface area (Å²) in [7, 11) is 0. The number of rotatable bonds is 4. The summed E-state index contributed by atoms with van der Waals surface area (Å²) >= 11 is 0. The van der Waals surface area contributed by atoms with Gasteiger partial charge in [-0.15, -0.1) is 5.92 Å². The first-order valence-corrected chi connectivity index (χ1v) is 6.64. The van der Waals surface area contributed by atoms with Gasteiger partial charge in [-0.25, -0.2) is 0 Å². The molecule has 1 aromatic rings. The van der Waals surface area contributed by atoms with Crippen LogP contribution in [-0.2, 0) is 6.54 Å². The van der Waals surface area contributed by atoms with Gasteiger partial charge in [0.25, 0.3) is 0 Å². The fourth-order valence-corrected chi connectivity index (χ4v) is 2.28. The van der Waals surface area contributed by atoms with E-state index >= 15 is 0 Å². The van der Waals surface area contributed by atoms with Gasteiger partial charge >= 0.3 is 0 Å². The maximum atomic E-state index is 3.40. The molecule has 1 saturated heterocycles. The van der Waals surface area contributed by atoms with E-state index < -0.39 is 0 Å². The Morgan fingerprint density at radius 1 is 1.18 bits per heavy atom. The van der Waals surface area contributed by atoms with Gasteiger partial charge in [-0.05, 0) is 18.4 Å². The molecule has 17 heavy (non-hydrogen) atoms. The molecule has 1 unspecified atom stereocenters. The molecule has 2 rings (SSSR count). The monoisotopic (exact) mass is 227 g/mol. The van der Waals surface area contributed by atoms with E-state index in [1.54, 1.807) is 0 Å². The lowest BCUT2D eigenvalue weighted by Crippen LogP contribution is -2.02. The second kappa shape index (κ2) is 5.89. The van der Waals surface area contributed by atoms with Crippen molar-refractivity contribution in [1.82, 2.24) is 4.90 Å². The van der Waals surface area contributed by atoms with E-state index in [2.05, 4.69) is 60.9 Å². The lowest BCUT2D eigenvalue weighted by Gasteiger charge is -2.02. The summed E-state index contributed by atoms with van der Waals surface area (Å²) in [6, 6.07) is 11.9. The Kier molecular flexibility index (Phi) is 4.23. The predicted molar refractivity (Wildman–Crippen MR) is 72.5 cm³/mol. The van der Waals surface area contributed by atoms with Crippen molar-refractivity contribution in [2.45, 2.75) is 51.7 Å². The minimum Gasteiger partial charge on any atom is -0.279 e. The quantitative estimate of drug-likeness (QED) is 0.562. The molecule has 1 heterocycles. The molecule has 1 fully saturated rings. The Balaban J connectivity index is 1.92. The van der Waals surface area contributed by atoms with Gasteiger partial charge < -0.3 is 0 Å². The molecular formula is C16H21N. The third-order valence-corrected chi connectivity index (χ3v) is 3.31. The third kappa shape index (κ3) is 3.11. The van der Waals surface area contributed by atoms with Crippen LogP contribution in [0.5, 0.6) is 0 Å². The lowest BCUT2D eigenvalue weighted by atomic mass is 10.2. The van der Waals surface area contributed by atoms with Crippen molar-refractivity contribution in [3.05, 3.63) is 35.9 Å². The molecule has 3 atom stereocenters. The molecule has 1 aromatic carbocycles. The Labute approximate surface area is 105 Å². The zero-order chi connectivity index (χ0) is 12.1. The molecule has 0 N–H and O–H groups in total. The van der Waals surface area contributed by atoms with Gasteiger partial charge in [0, 0.05) is 19.0 Å². The normalized spacial score (nSPS) is 26.1. The minimum atomic E-state index is 0.506. The predicted octanol–water partition coefficient (Wildman–Crippen LogP) is 3.45. The zero-order valence-electron chi connectivity index (χ0n) is 10.8. The van der Waals surface area contributed by atoms with Crippen molar-refractivity contribution in [2.75, 3.05) is 0 Å². The number of benzene rings is 1. The first-order valence-electron chi connectivity index (χ1n) is 6.64. The van der Waals surface area contributed by atoms with Crippen LogP contribution in [-0.4, -0.2) is 17.0 Å². The van der Waals surface area contributed by atoms with Crippen molar-refractivity contribution in [2.24, 2.45) is 0 Å². The highest BCUT2D eigenvalue weighted by Crippen LogP contribution is 2.32. The van der Waals surface area contributed by atoms with E-state index in [1.165, 1.54) is 12.0 Å². The van der Waals surface area contributed by atoms with Crippen LogP contribution in [0.4, 0.5) is 0 Å². The topological polar surface area (TPSA) is 3.01 Å². The highest BCUT2D eigenvalue weighted by atomic mass is 15.3. The average Bonchev–Trinajstić information content (AvgIpc) is 3.03. The third-order valence-electron chi connectivity index (χ3n) is 3.31. The molecular weight excluding hydrogens is 206 g/mol. The molecule has 1 nitrogen and oxygen atoms in total. The van der Waals surface area contributed by atoms with Gasteiger partial charge in [0.05, 0.1) is 6.04 Å². The Morgan fingerprint density at radius 3 is 2.59 bits per heavy atom. The van der Waals surface area contributed by atoms with Crippen LogP contribution in [0, 0.1) is 11.8 Å². The molecule has 0 aromatic heterocycles. The van der Waals surface area contributed by atoms with Crippen LogP contribution >= 0.6 is 0 Å². The van der Waals surface area contributed by atoms with E-state index in [1.807, 2.05) is 0 Å². The van der Waals surface area contributed by atoms with Gasteiger partial charge in [-0.2, -0.15) is 0 Å². The fourth-order valence-electron chi connectivity index (χ4n) is 2.28. The van der Waals surface area contributed by atoms with E-state index in [-0.39, 0.29) is 0 Å². The summed E-state index contributed by atoms with van der Waals surface area (Å²) in [5.74, 6) is 6.69. The first-order chi connectivity index (χ1) is 8.36. The summed E-state index contributed by atoms with van der Waals surface area (Å²) < 4.78 is 0. The Bertz CT molecular complexity index is 399. The van der Waals surface area contributed by atoms with E-state index in [4.69, 9.17) is 0 Å². The summed E-state index contributed by atoms with van der Waals surface area (Å²) in [6.07, 6.45) is 3.40. The number of unbranched alkanes of at least 4 members (excludes halogenated alkanes) is 1. The van der Waals surface area contributed by atoms with Crippen molar-refractivity contribution in [3.8, 4) is 11.8 Å². The first kappa shape index (κ1) is 12.2. The van der Waals surface area contributed by atoms with Crippen molar-refractivity contribution < 1.29 is 0 Å². The van der Waals surface area contributed by atoms with Crippen LogP contribution in [0.15, 0.2) is 30.3 Å². The molecule has 1 heteroatoms. The Morgan fingerprint density at radius 2 is 1.94 bits per heavy atom. The van der Waals surface area contributed by atoms with Gasteiger partial charge in [0.1, 0.15) is 0 Å². The lowest BCUT2D eigenvalue weighted by molar-refractivity contribution is 0.484. The van der Waals surface area contributed by atoms with Crippen molar-refractivity contribution >= 4 is 0 Å². The van der Waals surface area contributed by atoms with Gasteiger partial charge in [-0.3, -0.25) is 4.90 Å². The number of hydrogen-bond acceptors (Lipinski definition) is 1. The average molecular weight is 227 g/mol. The summed E-state index contributed by atoms with van der Waals surface area (Å²) in [5, 5.41) is 0. The summed E-state index contributed by atoms with van der Waals surface area (Å²) in [5.41, 5.74) is 1.39. The van der Waals surface area contributed by atoms with Gasteiger partial charge in [-0.1, -0.05) is 50.1 Å².